The summed E-state index contributed by atoms with van der Waals surface area (Å²) in [6.45, 7) is 3.74. The standard InChI is InChI=1S/C11H17N7S/c1-7-9-15-16-10(18(9)5-4-12-14-7)8-6-19-11(13-8)17(2)3/h6-7,12,14H,4-5H2,1-3H3/t7-/m1/s1. The molecule has 19 heavy (non-hydrogen) atoms. The maximum atomic E-state index is 4.60. The fourth-order valence-electron chi connectivity index (χ4n) is 2.08. The van der Waals surface area contributed by atoms with Crippen molar-refractivity contribution in [1.82, 2.24) is 30.6 Å². The van der Waals surface area contributed by atoms with Crippen molar-refractivity contribution in [1.29, 1.82) is 0 Å². The zero-order chi connectivity index (χ0) is 13.4. The first kappa shape index (κ1) is 12.5. The number of hydrogen-bond donors (Lipinski definition) is 2. The fraction of sp³-hybridized carbons (Fsp3) is 0.545. The molecule has 0 spiro atoms. The van der Waals surface area contributed by atoms with Crippen molar-refractivity contribution in [2.24, 2.45) is 0 Å². The van der Waals surface area contributed by atoms with Gasteiger partial charge in [0.1, 0.15) is 5.69 Å². The van der Waals surface area contributed by atoms with Gasteiger partial charge >= 0.3 is 0 Å². The summed E-state index contributed by atoms with van der Waals surface area (Å²) < 4.78 is 2.13. The average molecular weight is 279 g/mol. The molecule has 0 bridgehead atoms. The number of rotatable bonds is 2. The molecule has 2 N–H and O–H groups in total. The highest BCUT2D eigenvalue weighted by atomic mass is 32.1. The molecule has 8 heteroatoms. The Hall–Kier alpha value is -1.51. The van der Waals surface area contributed by atoms with Crippen LogP contribution in [0.4, 0.5) is 5.13 Å². The summed E-state index contributed by atoms with van der Waals surface area (Å²) in [5, 5.41) is 11.6. The largest absolute Gasteiger partial charge is 0.354 e. The SMILES string of the molecule is C[C@H]1NNCCn2c(-c3csc(N(C)C)n3)nnc21. The highest BCUT2D eigenvalue weighted by Crippen LogP contribution is 2.27. The topological polar surface area (TPSA) is 70.9 Å². The summed E-state index contributed by atoms with van der Waals surface area (Å²) in [5.74, 6) is 1.79. The molecule has 2 aromatic rings. The Balaban J connectivity index is 2.01. The van der Waals surface area contributed by atoms with Crippen molar-refractivity contribution in [3.63, 3.8) is 0 Å². The van der Waals surface area contributed by atoms with Gasteiger partial charge in [-0.2, -0.15) is 0 Å². The van der Waals surface area contributed by atoms with E-state index in [2.05, 4.69) is 37.5 Å². The van der Waals surface area contributed by atoms with Gasteiger partial charge in [-0.05, 0) is 6.92 Å². The van der Waals surface area contributed by atoms with E-state index in [-0.39, 0.29) is 6.04 Å². The maximum Gasteiger partial charge on any atom is 0.185 e. The lowest BCUT2D eigenvalue weighted by molar-refractivity contribution is 0.475. The van der Waals surface area contributed by atoms with E-state index < -0.39 is 0 Å². The molecule has 1 atom stereocenters. The van der Waals surface area contributed by atoms with E-state index in [1.807, 2.05) is 24.4 Å². The number of fused-ring (bicyclic) bond motifs is 1. The summed E-state index contributed by atoms with van der Waals surface area (Å²) in [6, 6.07) is 0.135. The van der Waals surface area contributed by atoms with Crippen LogP contribution in [0.3, 0.4) is 0 Å². The van der Waals surface area contributed by atoms with Crippen LogP contribution in [0.25, 0.3) is 11.5 Å². The lowest BCUT2D eigenvalue weighted by atomic mass is 10.3. The molecule has 0 aromatic carbocycles. The van der Waals surface area contributed by atoms with Gasteiger partial charge < -0.3 is 9.47 Å². The molecule has 0 saturated heterocycles. The van der Waals surface area contributed by atoms with Gasteiger partial charge in [-0.3, -0.25) is 5.43 Å². The summed E-state index contributed by atoms with van der Waals surface area (Å²) in [6.07, 6.45) is 0. The summed E-state index contributed by atoms with van der Waals surface area (Å²) in [7, 11) is 3.98. The molecule has 1 aliphatic heterocycles. The summed E-state index contributed by atoms with van der Waals surface area (Å²) in [4.78, 5) is 6.60. The molecule has 0 aliphatic carbocycles. The normalized spacial score (nSPS) is 19.0. The second kappa shape index (κ2) is 4.87. The quantitative estimate of drug-likeness (QED) is 0.840. The van der Waals surface area contributed by atoms with E-state index in [1.54, 1.807) is 11.3 Å². The van der Waals surface area contributed by atoms with Gasteiger partial charge in [-0.1, -0.05) is 0 Å². The van der Waals surface area contributed by atoms with Crippen LogP contribution >= 0.6 is 11.3 Å². The Labute approximate surface area is 115 Å². The Morgan fingerprint density at radius 1 is 1.42 bits per heavy atom. The van der Waals surface area contributed by atoms with E-state index in [9.17, 15) is 0 Å². The van der Waals surface area contributed by atoms with Crippen molar-refractivity contribution in [2.75, 3.05) is 25.5 Å². The van der Waals surface area contributed by atoms with Crippen LogP contribution in [0.1, 0.15) is 18.8 Å². The lowest BCUT2D eigenvalue weighted by Gasteiger charge is -2.08. The van der Waals surface area contributed by atoms with Crippen LogP contribution in [-0.4, -0.2) is 40.4 Å². The highest BCUT2D eigenvalue weighted by Gasteiger charge is 2.22. The van der Waals surface area contributed by atoms with E-state index >= 15 is 0 Å². The smallest absolute Gasteiger partial charge is 0.185 e. The molecule has 0 fully saturated rings. The van der Waals surface area contributed by atoms with Gasteiger partial charge in [0.15, 0.2) is 16.8 Å². The minimum absolute atomic E-state index is 0.135. The molecule has 1 aliphatic rings. The van der Waals surface area contributed by atoms with E-state index in [4.69, 9.17) is 0 Å². The molecule has 2 aromatic heterocycles. The van der Waals surface area contributed by atoms with Crippen molar-refractivity contribution in [3.8, 4) is 11.5 Å². The molecule has 3 heterocycles. The third kappa shape index (κ3) is 2.22. The molecule has 0 radical (unpaired) electrons. The van der Waals surface area contributed by atoms with Crippen molar-refractivity contribution < 1.29 is 0 Å². The molecule has 3 rings (SSSR count). The number of nitrogens with zero attached hydrogens (tertiary/aromatic N) is 5. The number of thiazole rings is 1. The number of hydrogen-bond acceptors (Lipinski definition) is 7. The second-order valence-corrected chi connectivity index (χ2v) is 5.57. The zero-order valence-corrected chi connectivity index (χ0v) is 12.0. The molecule has 0 amide bonds. The van der Waals surface area contributed by atoms with Crippen molar-refractivity contribution >= 4 is 16.5 Å². The summed E-state index contributed by atoms with van der Waals surface area (Å²) in [5.41, 5.74) is 7.25. The average Bonchev–Trinajstić information content (AvgIpc) is 2.97. The molecule has 102 valence electrons. The van der Waals surface area contributed by atoms with Crippen LogP contribution in [-0.2, 0) is 6.54 Å². The molecule has 7 nitrogen and oxygen atoms in total. The monoisotopic (exact) mass is 279 g/mol. The van der Waals surface area contributed by atoms with Gasteiger partial charge in [0.05, 0.1) is 6.04 Å². The minimum Gasteiger partial charge on any atom is -0.354 e. The Morgan fingerprint density at radius 3 is 3.00 bits per heavy atom. The van der Waals surface area contributed by atoms with Gasteiger partial charge in [-0.15, -0.1) is 21.5 Å². The first-order chi connectivity index (χ1) is 9.16. The van der Waals surface area contributed by atoms with Gasteiger partial charge in [0.2, 0.25) is 0 Å². The van der Waals surface area contributed by atoms with Crippen LogP contribution in [0.5, 0.6) is 0 Å². The zero-order valence-electron chi connectivity index (χ0n) is 11.2. The van der Waals surface area contributed by atoms with Gasteiger partial charge in [0.25, 0.3) is 0 Å². The van der Waals surface area contributed by atoms with Crippen molar-refractivity contribution in [2.45, 2.75) is 19.5 Å². The Kier molecular flexibility index (Phi) is 3.21. The summed E-state index contributed by atoms with van der Waals surface area (Å²) >= 11 is 1.62. The van der Waals surface area contributed by atoms with E-state index in [0.29, 0.717) is 0 Å². The molecular formula is C11H17N7S. The van der Waals surface area contributed by atoms with Crippen LogP contribution in [0.15, 0.2) is 5.38 Å². The second-order valence-electron chi connectivity index (χ2n) is 4.74. The van der Waals surface area contributed by atoms with Crippen molar-refractivity contribution in [3.05, 3.63) is 11.2 Å². The number of hydrazine groups is 1. The first-order valence-electron chi connectivity index (χ1n) is 6.21. The number of nitrogens with one attached hydrogen (secondary N) is 2. The van der Waals surface area contributed by atoms with E-state index in [0.717, 1.165) is 35.6 Å². The maximum absolute atomic E-state index is 4.60. The molecular weight excluding hydrogens is 262 g/mol. The third-order valence-electron chi connectivity index (χ3n) is 3.05. The predicted octanol–water partition coefficient (Wildman–Crippen LogP) is 0.636. The number of anilines is 1. The highest BCUT2D eigenvalue weighted by molar-refractivity contribution is 7.14. The first-order valence-corrected chi connectivity index (χ1v) is 7.09. The fourth-order valence-corrected chi connectivity index (χ4v) is 2.81. The Morgan fingerprint density at radius 2 is 2.26 bits per heavy atom. The molecule has 0 unspecified atom stereocenters. The van der Waals surface area contributed by atoms with Crippen LogP contribution in [0.2, 0.25) is 0 Å². The lowest BCUT2D eigenvalue weighted by Crippen LogP contribution is -2.33. The number of aromatic nitrogens is 4. The van der Waals surface area contributed by atoms with E-state index in [1.165, 1.54) is 0 Å². The Bertz CT molecular complexity index is 573. The third-order valence-corrected chi connectivity index (χ3v) is 4.06. The van der Waals surface area contributed by atoms with Crippen LogP contribution < -0.4 is 15.8 Å². The van der Waals surface area contributed by atoms with Gasteiger partial charge in [-0.25, -0.2) is 10.4 Å². The van der Waals surface area contributed by atoms with Crippen LogP contribution in [0, 0.1) is 0 Å². The van der Waals surface area contributed by atoms with Gasteiger partial charge in [0, 0.05) is 32.6 Å². The molecule has 0 saturated carbocycles. The predicted molar refractivity (Wildman–Crippen MR) is 75.0 cm³/mol. The minimum atomic E-state index is 0.135.